The van der Waals surface area contributed by atoms with Crippen molar-refractivity contribution < 1.29 is 19.0 Å². The Bertz CT molecular complexity index is 656. The zero-order valence-electron chi connectivity index (χ0n) is 23.6. The molecule has 0 spiro atoms. The van der Waals surface area contributed by atoms with E-state index < -0.39 is 11.6 Å². The fourth-order valence-corrected chi connectivity index (χ4v) is 4.42. The van der Waals surface area contributed by atoms with Gasteiger partial charge < -0.3 is 9.39 Å². The maximum Gasteiger partial charge on any atom is 0.410 e. The number of ketones is 1. The van der Waals surface area contributed by atoms with E-state index in [-0.39, 0.29) is 34.1 Å². The standard InChI is InChI=1S/C27H51BNO4S/c1-11-13-15-20-18-29(24(31)32-25(4,5)6)22(23(30)19(3)12-2)21(20)16-14-17-28-33-26(7,8)27(9,10)34/h19-22,34H,11-18H2,1-10H3/t19?,20-,21?,22?/m0/s1. The van der Waals surface area contributed by atoms with Crippen molar-refractivity contribution in [3.63, 3.8) is 0 Å². The molecule has 5 nitrogen and oxygen atoms in total. The Morgan fingerprint density at radius 3 is 2.18 bits per heavy atom. The summed E-state index contributed by atoms with van der Waals surface area (Å²) in [5, 5.41) is 0. The van der Waals surface area contributed by atoms with Gasteiger partial charge in [-0.3, -0.25) is 9.69 Å². The number of ether oxygens (including phenoxy) is 1. The van der Waals surface area contributed by atoms with Gasteiger partial charge in [-0.1, -0.05) is 46.4 Å². The van der Waals surface area contributed by atoms with Crippen LogP contribution in [0.3, 0.4) is 0 Å². The molecule has 0 bridgehead atoms. The molecule has 0 N–H and O–H groups in total. The van der Waals surface area contributed by atoms with Gasteiger partial charge in [0.25, 0.3) is 7.48 Å². The van der Waals surface area contributed by atoms with Crippen LogP contribution in [0.1, 0.15) is 108 Å². The number of nitrogens with zero attached hydrogens (tertiary/aromatic N) is 1. The van der Waals surface area contributed by atoms with E-state index in [0.29, 0.717) is 12.5 Å². The van der Waals surface area contributed by atoms with Gasteiger partial charge in [-0.05, 0) is 79.6 Å². The average molecular weight is 497 g/mol. The van der Waals surface area contributed by atoms with E-state index in [4.69, 9.17) is 9.39 Å². The van der Waals surface area contributed by atoms with Crippen LogP contribution in [0.5, 0.6) is 0 Å². The van der Waals surface area contributed by atoms with Gasteiger partial charge in [0.05, 0.1) is 11.6 Å². The van der Waals surface area contributed by atoms with Gasteiger partial charge in [-0.2, -0.15) is 12.6 Å². The zero-order chi connectivity index (χ0) is 26.3. The molecule has 0 aromatic carbocycles. The Labute approximate surface area is 216 Å². The van der Waals surface area contributed by atoms with Crippen molar-refractivity contribution in [1.29, 1.82) is 0 Å². The molecule has 1 aliphatic heterocycles. The van der Waals surface area contributed by atoms with Crippen molar-refractivity contribution in [3.8, 4) is 0 Å². The SMILES string of the molecule is CCCC[C@H]1CN(C(=O)OC(C)(C)C)C(C(=O)C(C)CC)C1CCC[B]OC(C)(C)C(C)(C)S. The molecular weight excluding hydrogens is 445 g/mol. The average Bonchev–Trinajstić information content (AvgIpc) is 3.07. The van der Waals surface area contributed by atoms with Crippen molar-refractivity contribution in [2.24, 2.45) is 17.8 Å². The highest BCUT2D eigenvalue weighted by Gasteiger charge is 2.48. The molecule has 0 aromatic rings. The van der Waals surface area contributed by atoms with Crippen LogP contribution < -0.4 is 0 Å². The summed E-state index contributed by atoms with van der Waals surface area (Å²) in [6.45, 7) is 20.6. The van der Waals surface area contributed by atoms with Crippen LogP contribution in [0.2, 0.25) is 6.32 Å². The number of Topliss-reactive ketones (excluding diaryl/α,β-unsaturated/α-hetero) is 1. The second-order valence-electron chi connectivity index (χ2n) is 12.1. The molecule has 0 aromatic heterocycles. The quantitative estimate of drug-likeness (QED) is 0.170. The van der Waals surface area contributed by atoms with Gasteiger partial charge in [-0.15, -0.1) is 0 Å². The topological polar surface area (TPSA) is 55.8 Å². The van der Waals surface area contributed by atoms with E-state index in [1.807, 2.05) is 55.9 Å². The molecule has 3 unspecified atom stereocenters. The Morgan fingerprint density at radius 1 is 1.06 bits per heavy atom. The fraction of sp³-hybridized carbons (Fsp3) is 0.926. The zero-order valence-corrected chi connectivity index (χ0v) is 24.5. The first-order valence-electron chi connectivity index (χ1n) is 13.3. The Morgan fingerprint density at radius 2 is 1.68 bits per heavy atom. The number of unbranched alkanes of at least 4 members (excludes halogenated alkanes) is 1. The Balaban J connectivity index is 3.00. The lowest BCUT2D eigenvalue weighted by atomic mass is 9.77. The van der Waals surface area contributed by atoms with E-state index in [9.17, 15) is 9.59 Å². The first-order valence-corrected chi connectivity index (χ1v) is 13.8. The molecule has 4 atom stereocenters. The smallest absolute Gasteiger partial charge is 0.410 e. The summed E-state index contributed by atoms with van der Waals surface area (Å²) >= 11 is 4.66. The van der Waals surface area contributed by atoms with Crippen LogP contribution in [0.4, 0.5) is 4.79 Å². The number of rotatable bonds is 13. The number of thiol groups is 1. The molecule has 1 heterocycles. The lowest BCUT2D eigenvalue weighted by molar-refractivity contribution is -0.128. The minimum absolute atomic E-state index is 0.0734. The molecule has 7 heteroatoms. The van der Waals surface area contributed by atoms with Gasteiger partial charge in [0, 0.05) is 17.2 Å². The molecule has 34 heavy (non-hydrogen) atoms. The van der Waals surface area contributed by atoms with Crippen LogP contribution in [-0.2, 0) is 14.2 Å². The second-order valence-corrected chi connectivity index (χ2v) is 13.3. The number of amides is 1. The van der Waals surface area contributed by atoms with E-state index >= 15 is 0 Å². The summed E-state index contributed by atoms with van der Waals surface area (Å²) in [5.41, 5.74) is -0.965. The molecule has 197 valence electrons. The first kappa shape index (κ1) is 31.3. The first-order chi connectivity index (χ1) is 15.6. The van der Waals surface area contributed by atoms with Crippen molar-refractivity contribution in [2.45, 2.75) is 136 Å². The summed E-state index contributed by atoms with van der Waals surface area (Å²) in [6.07, 6.45) is 6.29. The van der Waals surface area contributed by atoms with Crippen molar-refractivity contribution in [2.75, 3.05) is 6.54 Å². The Hall–Kier alpha value is -0.685. The van der Waals surface area contributed by atoms with Crippen molar-refractivity contribution in [1.82, 2.24) is 4.90 Å². The van der Waals surface area contributed by atoms with E-state index in [0.717, 1.165) is 44.8 Å². The molecule has 0 aliphatic carbocycles. The molecular formula is C27H51BNO4S. The van der Waals surface area contributed by atoms with E-state index in [1.54, 1.807) is 4.90 Å². The van der Waals surface area contributed by atoms with Crippen molar-refractivity contribution >= 4 is 32.0 Å². The number of hydrogen-bond acceptors (Lipinski definition) is 5. The third-order valence-electron chi connectivity index (χ3n) is 7.43. The van der Waals surface area contributed by atoms with Crippen LogP contribution >= 0.6 is 12.6 Å². The van der Waals surface area contributed by atoms with Gasteiger partial charge >= 0.3 is 6.09 Å². The molecule has 1 radical (unpaired) electrons. The van der Waals surface area contributed by atoms with Crippen LogP contribution in [-0.4, -0.2) is 52.8 Å². The summed E-state index contributed by atoms with van der Waals surface area (Å²) in [4.78, 5) is 28.4. The fourth-order valence-electron chi connectivity index (χ4n) is 4.37. The third kappa shape index (κ3) is 9.07. The molecule has 1 aliphatic rings. The van der Waals surface area contributed by atoms with Gasteiger partial charge in [0.15, 0.2) is 5.78 Å². The molecule has 0 saturated carbocycles. The summed E-state index contributed by atoms with van der Waals surface area (Å²) < 4.78 is 11.5. The maximum absolute atomic E-state index is 13.5. The highest BCUT2D eigenvalue weighted by atomic mass is 32.1. The molecule has 1 fully saturated rings. The van der Waals surface area contributed by atoms with Crippen LogP contribution in [0.15, 0.2) is 0 Å². The summed E-state index contributed by atoms with van der Waals surface area (Å²) in [6, 6.07) is -0.402. The van der Waals surface area contributed by atoms with Gasteiger partial charge in [0.1, 0.15) is 5.60 Å². The lowest BCUT2D eigenvalue weighted by Gasteiger charge is -2.38. The highest BCUT2D eigenvalue weighted by molar-refractivity contribution is 7.81. The minimum atomic E-state index is -0.585. The van der Waals surface area contributed by atoms with E-state index in [2.05, 4.69) is 33.4 Å². The molecule has 1 saturated heterocycles. The third-order valence-corrected chi connectivity index (χ3v) is 7.97. The Kier molecular flexibility index (Phi) is 12.0. The largest absolute Gasteiger partial charge is 0.444 e. The van der Waals surface area contributed by atoms with Crippen LogP contribution in [0, 0.1) is 17.8 Å². The number of likely N-dealkylation sites (tertiary alicyclic amines) is 1. The van der Waals surface area contributed by atoms with Gasteiger partial charge in [-0.25, -0.2) is 4.79 Å². The maximum atomic E-state index is 13.5. The van der Waals surface area contributed by atoms with Gasteiger partial charge in [0.2, 0.25) is 0 Å². The summed E-state index contributed by atoms with van der Waals surface area (Å²) in [7, 11) is 1.89. The lowest BCUT2D eigenvalue weighted by Crippen LogP contribution is -2.47. The molecule has 1 rings (SSSR count). The number of hydrogen-bond donors (Lipinski definition) is 1. The monoisotopic (exact) mass is 496 g/mol. The predicted molar refractivity (Wildman–Crippen MR) is 146 cm³/mol. The minimum Gasteiger partial charge on any atom is -0.444 e. The predicted octanol–water partition coefficient (Wildman–Crippen LogP) is 6.96. The van der Waals surface area contributed by atoms with E-state index in [1.165, 1.54) is 0 Å². The summed E-state index contributed by atoms with van der Waals surface area (Å²) in [5.74, 6) is 0.578. The highest BCUT2D eigenvalue weighted by Crippen LogP contribution is 2.39. The normalized spacial score (nSPS) is 22.6. The van der Waals surface area contributed by atoms with Crippen molar-refractivity contribution in [3.05, 3.63) is 0 Å². The second kappa shape index (κ2) is 13.0. The van der Waals surface area contributed by atoms with Crippen LogP contribution in [0.25, 0.3) is 0 Å². The number of carbonyl (C=O) groups is 2. The molecule has 1 amide bonds. The number of carbonyl (C=O) groups excluding carboxylic acids is 2.